The van der Waals surface area contributed by atoms with E-state index >= 15 is 0 Å². The van der Waals surface area contributed by atoms with Crippen LogP contribution >= 0.6 is 11.6 Å². The average Bonchev–Trinajstić information content (AvgIpc) is 1.86. The monoisotopic (exact) mass is 198 g/mol. The summed E-state index contributed by atoms with van der Waals surface area (Å²) in [5, 5.41) is 9.73. The van der Waals surface area contributed by atoms with Gasteiger partial charge in [-0.2, -0.15) is 0 Å². The van der Waals surface area contributed by atoms with E-state index in [4.69, 9.17) is 11.6 Å². The summed E-state index contributed by atoms with van der Waals surface area (Å²) in [7, 11) is 0. The van der Waals surface area contributed by atoms with Crippen LogP contribution in [0.2, 0.25) is 0 Å². The Morgan fingerprint density at radius 2 is 2.25 bits per heavy atom. The predicted molar refractivity (Wildman–Crippen MR) is 43.3 cm³/mol. The van der Waals surface area contributed by atoms with E-state index in [-0.39, 0.29) is 41.4 Å². The minimum atomic E-state index is -1.08. The average molecular weight is 199 g/mol. The van der Waals surface area contributed by atoms with E-state index in [0.717, 1.165) is 6.42 Å². The normalized spacial score (nSPS) is 12.5. The summed E-state index contributed by atoms with van der Waals surface area (Å²) in [6.07, 6.45) is 5.35. The van der Waals surface area contributed by atoms with Crippen LogP contribution in [-0.4, -0.2) is 11.3 Å². The fourth-order valence-electron chi connectivity index (χ4n) is 0.727. The molecule has 0 aromatic heterocycles. The molecule has 0 aliphatic carbocycles. The van der Waals surface area contributed by atoms with Crippen LogP contribution in [0, 0.1) is 0 Å². The Morgan fingerprint density at radius 1 is 1.67 bits per heavy atom. The summed E-state index contributed by atoms with van der Waals surface area (Å²) in [6, 6.07) is 0. The fourth-order valence-corrected chi connectivity index (χ4v) is 0.979. The van der Waals surface area contributed by atoms with Crippen molar-refractivity contribution >= 4 is 17.6 Å². The maximum atomic E-state index is 10.0. The molecule has 64 valence electrons. The molecule has 12 heavy (non-hydrogen) atoms. The van der Waals surface area contributed by atoms with Gasteiger partial charge in [-0.05, 0) is 19.8 Å². The summed E-state index contributed by atoms with van der Waals surface area (Å²) in [5.41, 5.74) is 0. The van der Waals surface area contributed by atoms with Crippen LogP contribution in [0.5, 0.6) is 0 Å². The Kier molecular flexibility index (Phi) is 12.0. The van der Waals surface area contributed by atoms with Crippen molar-refractivity contribution in [3.63, 3.8) is 0 Å². The zero-order valence-electron chi connectivity index (χ0n) is 7.55. The van der Waals surface area contributed by atoms with Gasteiger partial charge in [0.05, 0.1) is 0 Å². The molecule has 0 aromatic carbocycles. The van der Waals surface area contributed by atoms with Crippen molar-refractivity contribution in [2.75, 3.05) is 0 Å². The molecule has 0 saturated heterocycles. The standard InChI is InChI=1S/C8H13ClO2.Na/c1-2-3-4-5-7(9)6-8(10)11;/h2-3,7H,4-6H2,1H3,(H,10,11);/q;+1/p-1/b3-2+;. The van der Waals surface area contributed by atoms with E-state index in [9.17, 15) is 9.90 Å². The quantitative estimate of drug-likeness (QED) is 0.294. The van der Waals surface area contributed by atoms with Crippen molar-refractivity contribution in [2.45, 2.75) is 31.6 Å². The Bertz CT molecular complexity index is 148. The number of alkyl halides is 1. The molecule has 1 unspecified atom stereocenters. The van der Waals surface area contributed by atoms with Crippen molar-refractivity contribution in [2.24, 2.45) is 0 Å². The first kappa shape index (κ1) is 15.0. The molecular formula is C8H12ClNaO2. The molecule has 0 radical (unpaired) electrons. The van der Waals surface area contributed by atoms with E-state index in [0.29, 0.717) is 6.42 Å². The molecule has 1 atom stereocenters. The van der Waals surface area contributed by atoms with E-state index in [1.54, 1.807) is 0 Å². The van der Waals surface area contributed by atoms with Gasteiger partial charge in [-0.1, -0.05) is 12.2 Å². The van der Waals surface area contributed by atoms with Gasteiger partial charge in [-0.25, -0.2) is 0 Å². The zero-order chi connectivity index (χ0) is 8.69. The maximum absolute atomic E-state index is 10.0. The number of carboxylic acid groups (broad SMARTS) is 1. The number of carbonyl (C=O) groups excluding carboxylic acids is 1. The van der Waals surface area contributed by atoms with Crippen LogP contribution in [0.25, 0.3) is 0 Å². The number of hydrogen-bond acceptors (Lipinski definition) is 2. The molecular weight excluding hydrogens is 187 g/mol. The fraction of sp³-hybridized carbons (Fsp3) is 0.625. The summed E-state index contributed by atoms with van der Waals surface area (Å²) in [6.45, 7) is 1.92. The van der Waals surface area contributed by atoms with Crippen molar-refractivity contribution in [3.8, 4) is 0 Å². The van der Waals surface area contributed by atoms with Gasteiger partial charge in [0, 0.05) is 17.8 Å². The summed E-state index contributed by atoms with van der Waals surface area (Å²) in [4.78, 5) is 10.0. The molecule has 0 rings (SSSR count). The summed E-state index contributed by atoms with van der Waals surface area (Å²) >= 11 is 5.66. The first-order valence-corrected chi connectivity index (χ1v) is 4.05. The van der Waals surface area contributed by atoms with Gasteiger partial charge in [-0.3, -0.25) is 0 Å². The maximum Gasteiger partial charge on any atom is 1.00 e. The molecule has 2 nitrogen and oxygen atoms in total. The molecule has 0 N–H and O–H groups in total. The molecule has 0 heterocycles. The molecule has 0 aromatic rings. The van der Waals surface area contributed by atoms with Gasteiger partial charge in [0.1, 0.15) is 0 Å². The molecule has 4 heteroatoms. The first-order valence-electron chi connectivity index (χ1n) is 3.62. The number of halogens is 1. The van der Waals surface area contributed by atoms with Gasteiger partial charge in [0.15, 0.2) is 0 Å². The second-order valence-corrected chi connectivity index (χ2v) is 2.94. The van der Waals surface area contributed by atoms with E-state index in [1.165, 1.54) is 0 Å². The van der Waals surface area contributed by atoms with Crippen LogP contribution < -0.4 is 34.7 Å². The Hall–Kier alpha value is 0.500. The van der Waals surface area contributed by atoms with Crippen LogP contribution in [0.1, 0.15) is 26.2 Å². The van der Waals surface area contributed by atoms with E-state index in [2.05, 4.69) is 0 Å². The largest absolute Gasteiger partial charge is 1.00 e. The molecule has 0 aliphatic heterocycles. The van der Waals surface area contributed by atoms with Crippen LogP contribution in [0.4, 0.5) is 0 Å². The van der Waals surface area contributed by atoms with Crippen molar-refractivity contribution in [1.29, 1.82) is 0 Å². The van der Waals surface area contributed by atoms with Gasteiger partial charge < -0.3 is 9.90 Å². The summed E-state index contributed by atoms with van der Waals surface area (Å²) in [5.74, 6) is -1.08. The zero-order valence-corrected chi connectivity index (χ0v) is 10.3. The van der Waals surface area contributed by atoms with E-state index < -0.39 is 5.97 Å². The smallest absolute Gasteiger partial charge is 0.550 e. The van der Waals surface area contributed by atoms with Gasteiger partial charge >= 0.3 is 29.6 Å². The minimum Gasteiger partial charge on any atom is -0.550 e. The number of aliphatic carboxylic acids is 1. The number of carbonyl (C=O) groups is 1. The van der Waals surface area contributed by atoms with Crippen LogP contribution in [-0.2, 0) is 4.79 Å². The number of hydrogen-bond donors (Lipinski definition) is 0. The minimum absolute atomic E-state index is 0. The Balaban J connectivity index is 0. The van der Waals surface area contributed by atoms with Crippen molar-refractivity contribution in [3.05, 3.63) is 12.2 Å². The topological polar surface area (TPSA) is 40.1 Å². The molecule has 0 saturated carbocycles. The van der Waals surface area contributed by atoms with Crippen LogP contribution in [0.15, 0.2) is 12.2 Å². The molecule has 0 aliphatic rings. The van der Waals surface area contributed by atoms with Gasteiger partial charge in [0.2, 0.25) is 0 Å². The third-order valence-electron chi connectivity index (χ3n) is 1.27. The SMILES string of the molecule is C/C=C/CCC(Cl)CC(=O)[O-].[Na+]. The molecule has 0 spiro atoms. The summed E-state index contributed by atoms with van der Waals surface area (Å²) < 4.78 is 0. The van der Waals surface area contributed by atoms with Crippen molar-refractivity contribution in [1.82, 2.24) is 0 Å². The third kappa shape index (κ3) is 10.5. The molecule has 0 fully saturated rings. The van der Waals surface area contributed by atoms with E-state index in [1.807, 2.05) is 19.1 Å². The second kappa shape index (κ2) is 9.59. The second-order valence-electron chi connectivity index (χ2n) is 2.32. The molecule has 0 bridgehead atoms. The Labute approximate surface area is 100 Å². The first-order chi connectivity index (χ1) is 5.16. The Morgan fingerprint density at radius 3 is 2.67 bits per heavy atom. The van der Waals surface area contributed by atoms with Gasteiger partial charge in [-0.15, -0.1) is 11.6 Å². The van der Waals surface area contributed by atoms with Crippen molar-refractivity contribution < 1.29 is 39.5 Å². The number of rotatable bonds is 5. The number of allylic oxidation sites excluding steroid dienone is 2. The molecule has 0 amide bonds. The number of carboxylic acids is 1. The third-order valence-corrected chi connectivity index (χ3v) is 1.64. The van der Waals surface area contributed by atoms with Crippen LogP contribution in [0.3, 0.4) is 0 Å². The van der Waals surface area contributed by atoms with Gasteiger partial charge in [0.25, 0.3) is 0 Å². The predicted octanol–water partition coefficient (Wildman–Crippen LogP) is -1.91.